The predicted molar refractivity (Wildman–Crippen MR) is 72.6 cm³/mol. The summed E-state index contributed by atoms with van der Waals surface area (Å²) in [5.74, 6) is 2.04. The number of benzene rings is 1. The number of ether oxygens (including phenoxy) is 2. The number of hydrogen-bond donors (Lipinski definition) is 1. The lowest BCUT2D eigenvalue weighted by Gasteiger charge is -2.11. The average molecular weight is 310 g/mol. The minimum absolute atomic E-state index is 0.660. The minimum Gasteiger partial charge on any atom is -0.493 e. The highest BCUT2D eigenvalue weighted by Gasteiger charge is 2.06. The topological polar surface area (TPSA) is 56.3 Å². The van der Waals surface area contributed by atoms with E-state index in [1.165, 1.54) is 6.33 Å². The summed E-state index contributed by atoms with van der Waals surface area (Å²) >= 11 is 3.37. The maximum absolute atomic E-state index is 5.24. The average Bonchev–Trinajstić information content (AvgIpc) is 2.41. The van der Waals surface area contributed by atoms with Crippen molar-refractivity contribution in [3.63, 3.8) is 0 Å². The van der Waals surface area contributed by atoms with Crippen molar-refractivity contribution in [3.05, 3.63) is 35.2 Å². The third-order valence-electron chi connectivity index (χ3n) is 2.31. The van der Waals surface area contributed by atoms with Gasteiger partial charge in [0.2, 0.25) is 0 Å². The smallest absolute Gasteiger partial charge is 0.162 e. The zero-order valence-electron chi connectivity index (χ0n) is 9.98. The van der Waals surface area contributed by atoms with Gasteiger partial charge in [0, 0.05) is 18.0 Å². The minimum atomic E-state index is 0.660. The van der Waals surface area contributed by atoms with E-state index in [0.29, 0.717) is 17.3 Å². The van der Waals surface area contributed by atoms with E-state index in [1.54, 1.807) is 20.4 Å². The van der Waals surface area contributed by atoms with Gasteiger partial charge in [-0.3, -0.25) is 0 Å². The van der Waals surface area contributed by atoms with Crippen molar-refractivity contribution in [2.24, 2.45) is 0 Å². The fourth-order valence-electron chi connectivity index (χ4n) is 1.46. The molecular formula is C12H12BrN3O2. The Kier molecular flexibility index (Phi) is 3.99. The van der Waals surface area contributed by atoms with Crippen LogP contribution in [0.3, 0.4) is 0 Å². The summed E-state index contributed by atoms with van der Waals surface area (Å²) in [5.41, 5.74) is 0.854. The summed E-state index contributed by atoms with van der Waals surface area (Å²) in [7, 11) is 3.20. The van der Waals surface area contributed by atoms with Crippen LogP contribution in [0.5, 0.6) is 11.5 Å². The van der Waals surface area contributed by atoms with E-state index in [9.17, 15) is 0 Å². The van der Waals surface area contributed by atoms with E-state index >= 15 is 0 Å². The maximum Gasteiger partial charge on any atom is 0.162 e. The quantitative estimate of drug-likeness (QED) is 0.941. The summed E-state index contributed by atoms with van der Waals surface area (Å²) in [4.78, 5) is 8.04. The number of methoxy groups -OCH3 is 2. The Hall–Kier alpha value is -1.82. The highest BCUT2D eigenvalue weighted by molar-refractivity contribution is 9.10. The van der Waals surface area contributed by atoms with Gasteiger partial charge in [-0.2, -0.15) is 0 Å². The van der Waals surface area contributed by atoms with Crippen LogP contribution in [0, 0.1) is 0 Å². The number of nitrogens with one attached hydrogen (secondary N) is 1. The molecule has 94 valence electrons. The van der Waals surface area contributed by atoms with Crippen LogP contribution in [-0.2, 0) is 0 Å². The van der Waals surface area contributed by atoms with Crippen molar-refractivity contribution < 1.29 is 9.47 Å². The van der Waals surface area contributed by atoms with E-state index in [0.717, 1.165) is 10.2 Å². The Morgan fingerprint density at radius 1 is 1.17 bits per heavy atom. The van der Waals surface area contributed by atoms with Crippen LogP contribution in [0.4, 0.5) is 11.5 Å². The van der Waals surface area contributed by atoms with Crippen LogP contribution in [0.15, 0.2) is 35.2 Å². The SMILES string of the molecule is COc1ccc(Nc2ncncc2Br)cc1OC. The molecule has 1 aromatic carbocycles. The predicted octanol–water partition coefficient (Wildman–Crippen LogP) is 3.00. The van der Waals surface area contributed by atoms with Crippen LogP contribution in [0.1, 0.15) is 0 Å². The molecule has 0 aliphatic rings. The Labute approximate surface area is 113 Å². The lowest BCUT2D eigenvalue weighted by molar-refractivity contribution is 0.355. The lowest BCUT2D eigenvalue weighted by atomic mass is 10.2. The molecule has 6 heteroatoms. The number of halogens is 1. The van der Waals surface area contributed by atoms with Crippen LogP contribution >= 0.6 is 15.9 Å². The molecule has 0 saturated heterocycles. The number of nitrogens with zero attached hydrogens (tertiary/aromatic N) is 2. The number of rotatable bonds is 4. The Morgan fingerprint density at radius 2 is 1.94 bits per heavy atom. The monoisotopic (exact) mass is 309 g/mol. The second kappa shape index (κ2) is 5.68. The second-order valence-corrected chi connectivity index (χ2v) is 4.27. The van der Waals surface area contributed by atoms with E-state index in [4.69, 9.17) is 9.47 Å². The molecule has 0 amide bonds. The van der Waals surface area contributed by atoms with E-state index in [1.807, 2.05) is 18.2 Å². The molecule has 0 atom stereocenters. The molecule has 5 nitrogen and oxygen atoms in total. The van der Waals surface area contributed by atoms with Crippen LogP contribution in [0.25, 0.3) is 0 Å². The van der Waals surface area contributed by atoms with Gasteiger partial charge in [-0.1, -0.05) is 0 Å². The molecule has 1 heterocycles. The number of anilines is 2. The third-order valence-corrected chi connectivity index (χ3v) is 2.89. The van der Waals surface area contributed by atoms with Gasteiger partial charge in [-0.15, -0.1) is 0 Å². The highest BCUT2D eigenvalue weighted by atomic mass is 79.9. The van der Waals surface area contributed by atoms with Gasteiger partial charge in [0.15, 0.2) is 11.5 Å². The van der Waals surface area contributed by atoms with Gasteiger partial charge in [-0.05, 0) is 28.1 Å². The van der Waals surface area contributed by atoms with Crippen LogP contribution in [0.2, 0.25) is 0 Å². The highest BCUT2D eigenvalue weighted by Crippen LogP contribution is 2.31. The maximum atomic E-state index is 5.24. The van der Waals surface area contributed by atoms with Crippen molar-refractivity contribution in [3.8, 4) is 11.5 Å². The molecule has 0 bridgehead atoms. The molecule has 0 fully saturated rings. The van der Waals surface area contributed by atoms with Gasteiger partial charge in [0.25, 0.3) is 0 Å². The first-order chi connectivity index (χ1) is 8.74. The summed E-state index contributed by atoms with van der Waals surface area (Å²) in [5, 5.41) is 3.16. The molecule has 1 N–H and O–H groups in total. The zero-order valence-corrected chi connectivity index (χ0v) is 11.6. The lowest BCUT2D eigenvalue weighted by Crippen LogP contribution is -1.97. The Balaban J connectivity index is 2.27. The first kappa shape index (κ1) is 12.6. The molecule has 2 rings (SSSR count). The van der Waals surface area contributed by atoms with Crippen molar-refractivity contribution in [2.45, 2.75) is 0 Å². The standard InChI is InChI=1S/C12H12BrN3O2/c1-17-10-4-3-8(5-11(10)18-2)16-12-9(13)6-14-7-15-12/h3-7H,1-2H3,(H,14,15,16). The van der Waals surface area contributed by atoms with Gasteiger partial charge in [0.05, 0.1) is 18.7 Å². The molecule has 1 aromatic heterocycles. The first-order valence-electron chi connectivity index (χ1n) is 5.19. The van der Waals surface area contributed by atoms with E-state index in [2.05, 4.69) is 31.2 Å². The fourth-order valence-corrected chi connectivity index (χ4v) is 1.78. The van der Waals surface area contributed by atoms with Crippen LogP contribution in [-0.4, -0.2) is 24.2 Å². The van der Waals surface area contributed by atoms with E-state index in [-0.39, 0.29) is 0 Å². The van der Waals surface area contributed by atoms with Crippen LogP contribution < -0.4 is 14.8 Å². The van der Waals surface area contributed by atoms with Gasteiger partial charge in [-0.25, -0.2) is 9.97 Å². The fraction of sp³-hybridized carbons (Fsp3) is 0.167. The normalized spacial score (nSPS) is 9.94. The van der Waals surface area contributed by atoms with Crippen molar-refractivity contribution in [2.75, 3.05) is 19.5 Å². The molecule has 0 aliphatic carbocycles. The molecule has 0 unspecified atom stereocenters. The van der Waals surface area contributed by atoms with Gasteiger partial charge in [0.1, 0.15) is 12.1 Å². The first-order valence-corrected chi connectivity index (χ1v) is 5.98. The summed E-state index contributed by atoms with van der Waals surface area (Å²) < 4.78 is 11.2. The summed E-state index contributed by atoms with van der Waals surface area (Å²) in [6.07, 6.45) is 3.16. The molecule has 0 aliphatic heterocycles. The largest absolute Gasteiger partial charge is 0.493 e. The second-order valence-electron chi connectivity index (χ2n) is 3.41. The Bertz CT molecular complexity index is 549. The number of aromatic nitrogens is 2. The Morgan fingerprint density at radius 3 is 2.61 bits per heavy atom. The summed E-state index contributed by atoms with van der Waals surface area (Å²) in [6, 6.07) is 5.56. The van der Waals surface area contributed by atoms with Crippen molar-refractivity contribution in [1.82, 2.24) is 9.97 Å². The van der Waals surface area contributed by atoms with Gasteiger partial charge < -0.3 is 14.8 Å². The third kappa shape index (κ3) is 2.70. The zero-order chi connectivity index (χ0) is 13.0. The molecule has 0 spiro atoms. The van der Waals surface area contributed by atoms with E-state index < -0.39 is 0 Å². The summed E-state index contributed by atoms with van der Waals surface area (Å²) in [6.45, 7) is 0. The van der Waals surface area contributed by atoms with Crippen molar-refractivity contribution in [1.29, 1.82) is 0 Å². The molecular weight excluding hydrogens is 298 g/mol. The molecule has 18 heavy (non-hydrogen) atoms. The van der Waals surface area contributed by atoms with Gasteiger partial charge >= 0.3 is 0 Å². The molecule has 2 aromatic rings. The number of hydrogen-bond acceptors (Lipinski definition) is 5. The molecule has 0 radical (unpaired) electrons. The van der Waals surface area contributed by atoms with Crippen molar-refractivity contribution >= 4 is 27.4 Å². The molecule has 0 saturated carbocycles.